The van der Waals surface area contributed by atoms with Gasteiger partial charge in [-0.15, -0.1) is 11.3 Å². The summed E-state index contributed by atoms with van der Waals surface area (Å²) in [6.07, 6.45) is 4.45. The first-order valence-corrected chi connectivity index (χ1v) is 9.96. The molecule has 2 aromatic heterocycles. The van der Waals surface area contributed by atoms with Gasteiger partial charge in [0.05, 0.1) is 10.4 Å². The Morgan fingerprint density at radius 2 is 1.96 bits per heavy atom. The SMILES string of the molecule is Cn1ccnc1C(O)C1CCN(C(=O)c2ncsc2-c2ccccc2)CC1. The van der Waals surface area contributed by atoms with Crippen LogP contribution in [0.2, 0.25) is 0 Å². The molecular formula is C20H22N4O2S. The first kappa shape index (κ1) is 17.9. The van der Waals surface area contributed by atoms with Crippen molar-refractivity contribution in [3.8, 4) is 10.4 Å². The van der Waals surface area contributed by atoms with Gasteiger partial charge in [-0.1, -0.05) is 30.3 Å². The quantitative estimate of drug-likeness (QED) is 0.753. The number of aliphatic hydroxyl groups excluding tert-OH is 1. The molecule has 1 aliphatic heterocycles. The Morgan fingerprint density at radius 3 is 2.63 bits per heavy atom. The van der Waals surface area contributed by atoms with Crippen LogP contribution in [-0.2, 0) is 7.05 Å². The van der Waals surface area contributed by atoms with Crippen LogP contribution >= 0.6 is 11.3 Å². The number of carbonyl (C=O) groups excluding carboxylic acids is 1. The van der Waals surface area contributed by atoms with Crippen molar-refractivity contribution in [1.29, 1.82) is 0 Å². The maximum Gasteiger partial charge on any atom is 0.273 e. The molecule has 3 aromatic rings. The molecule has 27 heavy (non-hydrogen) atoms. The highest BCUT2D eigenvalue weighted by atomic mass is 32.1. The molecule has 0 saturated carbocycles. The van der Waals surface area contributed by atoms with E-state index in [0.717, 1.165) is 23.3 Å². The lowest BCUT2D eigenvalue weighted by molar-refractivity contribution is 0.0418. The Bertz CT molecular complexity index is 913. The van der Waals surface area contributed by atoms with Crippen LogP contribution in [0, 0.1) is 5.92 Å². The number of rotatable bonds is 4. The van der Waals surface area contributed by atoms with Crippen LogP contribution in [0.15, 0.2) is 48.2 Å². The second kappa shape index (κ2) is 7.62. The zero-order chi connectivity index (χ0) is 18.8. The van der Waals surface area contributed by atoms with E-state index in [0.29, 0.717) is 24.6 Å². The fourth-order valence-electron chi connectivity index (χ4n) is 3.63. The van der Waals surface area contributed by atoms with E-state index >= 15 is 0 Å². The number of imidazole rings is 1. The summed E-state index contributed by atoms with van der Waals surface area (Å²) in [6.45, 7) is 1.24. The minimum absolute atomic E-state index is 0.0277. The largest absolute Gasteiger partial charge is 0.385 e. The van der Waals surface area contributed by atoms with Crippen molar-refractivity contribution in [3.63, 3.8) is 0 Å². The number of carbonyl (C=O) groups is 1. The van der Waals surface area contributed by atoms with Gasteiger partial charge in [-0.05, 0) is 24.3 Å². The van der Waals surface area contributed by atoms with Gasteiger partial charge < -0.3 is 14.6 Å². The molecule has 1 fully saturated rings. The number of benzene rings is 1. The predicted molar refractivity (Wildman–Crippen MR) is 104 cm³/mol. The van der Waals surface area contributed by atoms with Crippen molar-refractivity contribution in [3.05, 3.63) is 59.8 Å². The molecule has 140 valence electrons. The number of thiazole rings is 1. The molecule has 1 unspecified atom stereocenters. The highest BCUT2D eigenvalue weighted by Crippen LogP contribution is 2.32. The number of nitrogens with zero attached hydrogens (tertiary/aromatic N) is 4. The zero-order valence-electron chi connectivity index (χ0n) is 15.2. The van der Waals surface area contributed by atoms with E-state index in [1.54, 1.807) is 11.7 Å². The Hall–Kier alpha value is -2.51. The van der Waals surface area contributed by atoms with E-state index in [4.69, 9.17) is 0 Å². The number of hydrogen-bond acceptors (Lipinski definition) is 5. The Balaban J connectivity index is 1.44. The number of aromatic nitrogens is 3. The number of amides is 1. The van der Waals surface area contributed by atoms with E-state index in [1.807, 2.05) is 53.0 Å². The number of hydrogen-bond donors (Lipinski definition) is 1. The van der Waals surface area contributed by atoms with Gasteiger partial charge in [0.15, 0.2) is 0 Å². The van der Waals surface area contributed by atoms with Gasteiger partial charge >= 0.3 is 0 Å². The van der Waals surface area contributed by atoms with Crippen LogP contribution in [0.25, 0.3) is 10.4 Å². The van der Waals surface area contributed by atoms with Crippen LogP contribution in [0.3, 0.4) is 0 Å². The zero-order valence-corrected chi connectivity index (χ0v) is 16.0. The van der Waals surface area contributed by atoms with Crippen molar-refractivity contribution in [2.24, 2.45) is 13.0 Å². The molecule has 0 aliphatic carbocycles. The average Bonchev–Trinajstić information content (AvgIpc) is 3.37. The summed E-state index contributed by atoms with van der Waals surface area (Å²) in [6, 6.07) is 9.89. The monoisotopic (exact) mass is 382 g/mol. The number of aliphatic hydroxyl groups is 1. The van der Waals surface area contributed by atoms with Crippen molar-refractivity contribution in [1.82, 2.24) is 19.4 Å². The van der Waals surface area contributed by atoms with Gasteiger partial charge in [-0.25, -0.2) is 9.97 Å². The van der Waals surface area contributed by atoms with E-state index in [1.165, 1.54) is 11.3 Å². The van der Waals surface area contributed by atoms with Crippen molar-refractivity contribution in [2.45, 2.75) is 18.9 Å². The minimum atomic E-state index is -0.596. The van der Waals surface area contributed by atoms with Gasteiger partial charge in [0.2, 0.25) is 0 Å². The van der Waals surface area contributed by atoms with Crippen LogP contribution in [0.5, 0.6) is 0 Å². The van der Waals surface area contributed by atoms with Gasteiger partial charge in [-0.3, -0.25) is 4.79 Å². The van der Waals surface area contributed by atoms with Gasteiger partial charge in [-0.2, -0.15) is 0 Å². The molecule has 0 radical (unpaired) electrons. The first-order chi connectivity index (χ1) is 13.1. The fourth-order valence-corrected chi connectivity index (χ4v) is 4.42. The predicted octanol–water partition coefficient (Wildman–Crippen LogP) is 3.13. The van der Waals surface area contributed by atoms with Gasteiger partial charge in [0.25, 0.3) is 5.91 Å². The molecule has 1 amide bonds. The van der Waals surface area contributed by atoms with E-state index in [9.17, 15) is 9.90 Å². The third-order valence-corrected chi connectivity index (χ3v) is 6.08. The molecule has 1 atom stereocenters. The summed E-state index contributed by atoms with van der Waals surface area (Å²) >= 11 is 1.49. The summed E-state index contributed by atoms with van der Waals surface area (Å²) in [5, 5.41) is 10.6. The second-order valence-corrected chi connectivity index (χ2v) is 7.72. The molecule has 6 nitrogen and oxygen atoms in total. The fraction of sp³-hybridized carbons (Fsp3) is 0.350. The summed E-state index contributed by atoms with van der Waals surface area (Å²) in [7, 11) is 1.89. The molecule has 4 rings (SSSR count). The molecule has 1 saturated heterocycles. The van der Waals surface area contributed by atoms with Gasteiger partial charge in [0.1, 0.15) is 17.6 Å². The summed E-state index contributed by atoms with van der Waals surface area (Å²) in [5.41, 5.74) is 3.27. The minimum Gasteiger partial charge on any atom is -0.385 e. The van der Waals surface area contributed by atoms with Crippen LogP contribution in [-0.4, -0.2) is 43.5 Å². The Labute approximate surface area is 162 Å². The first-order valence-electron chi connectivity index (χ1n) is 9.08. The summed E-state index contributed by atoms with van der Waals surface area (Å²) in [5.74, 6) is 0.768. The van der Waals surface area contributed by atoms with E-state index in [2.05, 4.69) is 9.97 Å². The third-order valence-electron chi connectivity index (χ3n) is 5.20. The highest BCUT2D eigenvalue weighted by Gasteiger charge is 2.31. The third kappa shape index (κ3) is 3.52. The Kier molecular flexibility index (Phi) is 5.05. The van der Waals surface area contributed by atoms with Crippen LogP contribution in [0.4, 0.5) is 0 Å². The smallest absolute Gasteiger partial charge is 0.273 e. The van der Waals surface area contributed by atoms with E-state index in [-0.39, 0.29) is 11.8 Å². The normalized spacial score (nSPS) is 16.4. The van der Waals surface area contributed by atoms with Gasteiger partial charge in [0, 0.05) is 32.5 Å². The van der Waals surface area contributed by atoms with Crippen LogP contribution in [0.1, 0.15) is 35.3 Å². The molecule has 1 aromatic carbocycles. The second-order valence-electron chi connectivity index (χ2n) is 6.87. The maximum atomic E-state index is 13.0. The van der Waals surface area contributed by atoms with Crippen LogP contribution < -0.4 is 0 Å². The molecule has 3 heterocycles. The summed E-state index contributed by atoms with van der Waals surface area (Å²) in [4.78, 5) is 24.4. The highest BCUT2D eigenvalue weighted by molar-refractivity contribution is 7.13. The molecular weight excluding hydrogens is 360 g/mol. The number of likely N-dealkylation sites (tertiary alicyclic amines) is 1. The van der Waals surface area contributed by atoms with Crippen molar-refractivity contribution in [2.75, 3.05) is 13.1 Å². The number of piperidine rings is 1. The van der Waals surface area contributed by atoms with Crippen molar-refractivity contribution < 1.29 is 9.90 Å². The molecule has 1 aliphatic rings. The molecule has 1 N–H and O–H groups in total. The lowest BCUT2D eigenvalue weighted by Gasteiger charge is -2.33. The lowest BCUT2D eigenvalue weighted by atomic mass is 9.90. The standard InChI is InChI=1S/C20H22N4O2S/c1-23-12-9-21-19(23)17(25)14-7-10-24(11-8-14)20(26)16-18(27-13-22-16)15-5-3-2-4-6-15/h2-6,9,12-14,17,25H,7-8,10-11H2,1H3. The van der Waals surface area contributed by atoms with E-state index < -0.39 is 6.10 Å². The topological polar surface area (TPSA) is 71.2 Å². The molecule has 0 spiro atoms. The maximum absolute atomic E-state index is 13.0. The number of aryl methyl sites for hydroxylation is 1. The van der Waals surface area contributed by atoms with Crippen molar-refractivity contribution >= 4 is 17.2 Å². The molecule has 7 heteroatoms. The average molecular weight is 382 g/mol. The Morgan fingerprint density at radius 1 is 1.22 bits per heavy atom. The molecule has 0 bridgehead atoms. The lowest BCUT2D eigenvalue weighted by Crippen LogP contribution is -2.40. The summed E-state index contributed by atoms with van der Waals surface area (Å²) < 4.78 is 1.85.